The summed E-state index contributed by atoms with van der Waals surface area (Å²) in [7, 11) is 0. The average molecular weight is 530 g/mol. The zero-order valence-corrected chi connectivity index (χ0v) is 23.1. The molecule has 1 unspecified atom stereocenters. The number of benzene rings is 1. The van der Waals surface area contributed by atoms with Crippen molar-refractivity contribution in [2.75, 3.05) is 41.3 Å². The molecule has 9 nitrogen and oxygen atoms in total. The molecular formula is C30H39N7O2. The molecule has 4 fully saturated rings. The zero-order chi connectivity index (χ0) is 26.8. The second-order valence-corrected chi connectivity index (χ2v) is 12.8. The van der Waals surface area contributed by atoms with Gasteiger partial charge in [0.1, 0.15) is 11.4 Å². The number of aryl methyl sites for hydroxylation is 1. The Morgan fingerprint density at radius 2 is 1.77 bits per heavy atom. The van der Waals surface area contributed by atoms with Crippen LogP contribution in [-0.4, -0.2) is 70.5 Å². The summed E-state index contributed by atoms with van der Waals surface area (Å²) in [5.41, 5.74) is 2.90. The monoisotopic (exact) mass is 529 g/mol. The average Bonchev–Trinajstić information content (AvgIpc) is 3.43. The molecule has 1 atom stereocenters. The van der Waals surface area contributed by atoms with Gasteiger partial charge in [-0.1, -0.05) is 12.8 Å². The standard InChI is InChI=1S/C30H39N7O2/c1-20(2)35-16-29(17-35)18-36(19-29)23-11-9-22(10-12-23)32-28-31-15-21-6-5-13-30(14-25(38)33-27(30)39)37(26(21)34-28)24-7-3-4-8-24/h9-12,15,20,24H,3-8,13-14,16-19H2,1-2H3,(H,31,32,34)(H,33,38,39). The fourth-order valence-electron chi connectivity index (χ4n) is 7.66. The molecule has 4 aliphatic heterocycles. The Balaban J connectivity index is 1.10. The molecule has 2 spiro atoms. The van der Waals surface area contributed by atoms with Crippen molar-refractivity contribution in [3.05, 3.63) is 36.0 Å². The van der Waals surface area contributed by atoms with Gasteiger partial charge in [-0.25, -0.2) is 4.98 Å². The van der Waals surface area contributed by atoms with Gasteiger partial charge in [0.15, 0.2) is 0 Å². The number of amides is 2. The Kier molecular flexibility index (Phi) is 5.84. The van der Waals surface area contributed by atoms with Gasteiger partial charge in [0.25, 0.3) is 5.91 Å². The quantitative estimate of drug-likeness (QED) is 0.568. The van der Waals surface area contributed by atoms with Gasteiger partial charge < -0.3 is 15.1 Å². The molecule has 3 saturated heterocycles. The van der Waals surface area contributed by atoms with Crippen LogP contribution in [0.25, 0.3) is 0 Å². The van der Waals surface area contributed by atoms with Crippen LogP contribution in [0.1, 0.15) is 64.4 Å². The predicted octanol–water partition coefficient (Wildman–Crippen LogP) is 3.62. The van der Waals surface area contributed by atoms with E-state index in [4.69, 9.17) is 4.98 Å². The molecule has 5 heterocycles. The maximum Gasteiger partial charge on any atom is 0.253 e. The number of carbonyl (C=O) groups excluding carboxylic acids is 2. The van der Waals surface area contributed by atoms with Crippen LogP contribution in [0.5, 0.6) is 0 Å². The minimum atomic E-state index is -0.841. The lowest BCUT2D eigenvalue weighted by atomic mass is 9.72. The van der Waals surface area contributed by atoms with Crippen LogP contribution < -0.4 is 20.4 Å². The largest absolute Gasteiger partial charge is 0.370 e. The number of rotatable bonds is 5. The van der Waals surface area contributed by atoms with Crippen molar-refractivity contribution in [3.8, 4) is 0 Å². The number of hydrogen-bond acceptors (Lipinski definition) is 8. The van der Waals surface area contributed by atoms with E-state index in [9.17, 15) is 9.59 Å². The molecule has 1 aromatic carbocycles. The van der Waals surface area contributed by atoms with E-state index in [1.165, 1.54) is 18.8 Å². The normalized spacial score (nSPS) is 26.5. The zero-order valence-electron chi connectivity index (χ0n) is 23.1. The van der Waals surface area contributed by atoms with Crippen molar-refractivity contribution >= 4 is 35.0 Å². The van der Waals surface area contributed by atoms with Crippen molar-refractivity contribution in [2.45, 2.75) is 82.8 Å². The molecular weight excluding hydrogens is 490 g/mol. The molecule has 9 heteroatoms. The smallest absolute Gasteiger partial charge is 0.253 e. The number of likely N-dealkylation sites (tertiary alicyclic amines) is 1. The van der Waals surface area contributed by atoms with Crippen LogP contribution in [0, 0.1) is 5.41 Å². The molecule has 1 saturated carbocycles. The first-order chi connectivity index (χ1) is 18.8. The highest BCUT2D eigenvalue weighted by molar-refractivity contribution is 6.10. The fourth-order valence-corrected chi connectivity index (χ4v) is 7.66. The van der Waals surface area contributed by atoms with Gasteiger partial charge >= 0.3 is 0 Å². The summed E-state index contributed by atoms with van der Waals surface area (Å²) >= 11 is 0. The maximum atomic E-state index is 13.3. The molecule has 206 valence electrons. The summed E-state index contributed by atoms with van der Waals surface area (Å²) < 4.78 is 0. The summed E-state index contributed by atoms with van der Waals surface area (Å²) in [5, 5.41) is 6.00. The van der Waals surface area contributed by atoms with Gasteiger partial charge in [0, 0.05) is 66.8 Å². The van der Waals surface area contributed by atoms with E-state index in [-0.39, 0.29) is 24.3 Å². The third-order valence-electron chi connectivity index (χ3n) is 9.73. The lowest BCUT2D eigenvalue weighted by Crippen LogP contribution is -2.73. The van der Waals surface area contributed by atoms with Crippen molar-refractivity contribution in [2.24, 2.45) is 5.41 Å². The Labute approximate surface area is 230 Å². The van der Waals surface area contributed by atoms with E-state index in [0.29, 0.717) is 23.8 Å². The number of imide groups is 1. The molecule has 39 heavy (non-hydrogen) atoms. The van der Waals surface area contributed by atoms with Crippen LogP contribution in [-0.2, 0) is 16.0 Å². The Morgan fingerprint density at radius 3 is 2.44 bits per heavy atom. The Morgan fingerprint density at radius 1 is 1.03 bits per heavy atom. The maximum absolute atomic E-state index is 13.3. The third kappa shape index (κ3) is 4.17. The summed E-state index contributed by atoms with van der Waals surface area (Å²) in [6.07, 6.45) is 8.74. The van der Waals surface area contributed by atoms with Gasteiger partial charge in [-0.2, -0.15) is 4.98 Å². The summed E-state index contributed by atoms with van der Waals surface area (Å²) in [5.74, 6) is 1.00. The van der Waals surface area contributed by atoms with E-state index in [1.807, 2.05) is 6.20 Å². The lowest BCUT2D eigenvalue weighted by molar-refractivity contribution is -0.126. The van der Waals surface area contributed by atoms with Crippen LogP contribution in [0.4, 0.5) is 23.1 Å². The molecule has 2 N–H and O–H groups in total. The number of aromatic nitrogens is 2. The molecule has 0 radical (unpaired) electrons. The minimum Gasteiger partial charge on any atom is -0.370 e. The van der Waals surface area contributed by atoms with Gasteiger partial charge in [0.05, 0.1) is 6.42 Å². The SMILES string of the molecule is CC(C)N1CC2(CN(c3ccc(Nc4ncc5c(n4)N(C4CCCC4)C4(CCC5)CC(=O)NC4=O)cc3)C2)C1. The molecule has 1 aromatic heterocycles. The summed E-state index contributed by atoms with van der Waals surface area (Å²) in [6, 6.07) is 9.38. The first-order valence-corrected chi connectivity index (χ1v) is 14.7. The molecule has 1 aliphatic carbocycles. The summed E-state index contributed by atoms with van der Waals surface area (Å²) in [4.78, 5) is 42.6. The highest BCUT2D eigenvalue weighted by atomic mass is 16.2. The fraction of sp³-hybridized carbons (Fsp3) is 0.600. The minimum absolute atomic E-state index is 0.164. The number of fused-ring (bicyclic) bond motifs is 1. The van der Waals surface area contributed by atoms with Crippen molar-refractivity contribution in [3.63, 3.8) is 0 Å². The van der Waals surface area contributed by atoms with E-state index in [1.54, 1.807) is 0 Å². The van der Waals surface area contributed by atoms with Gasteiger partial charge in [-0.15, -0.1) is 0 Å². The number of anilines is 4. The summed E-state index contributed by atoms with van der Waals surface area (Å²) in [6.45, 7) is 9.24. The van der Waals surface area contributed by atoms with E-state index >= 15 is 0 Å². The second-order valence-electron chi connectivity index (χ2n) is 12.8. The Bertz CT molecular complexity index is 1270. The molecule has 7 rings (SSSR count). The first-order valence-electron chi connectivity index (χ1n) is 14.7. The molecule has 0 bridgehead atoms. The molecule has 2 amide bonds. The van der Waals surface area contributed by atoms with Crippen LogP contribution in [0.15, 0.2) is 30.5 Å². The van der Waals surface area contributed by atoms with E-state index in [0.717, 1.165) is 68.7 Å². The third-order valence-corrected chi connectivity index (χ3v) is 9.73. The van der Waals surface area contributed by atoms with Gasteiger partial charge in [0.2, 0.25) is 11.9 Å². The first kappa shape index (κ1) is 24.8. The highest BCUT2D eigenvalue weighted by Crippen LogP contribution is 2.45. The van der Waals surface area contributed by atoms with Crippen molar-refractivity contribution in [1.29, 1.82) is 0 Å². The molecule has 2 aromatic rings. The topological polar surface area (TPSA) is 93.7 Å². The number of carbonyl (C=O) groups is 2. The van der Waals surface area contributed by atoms with Crippen LogP contribution in [0.3, 0.4) is 0 Å². The van der Waals surface area contributed by atoms with Crippen molar-refractivity contribution in [1.82, 2.24) is 20.2 Å². The molecule has 5 aliphatic rings. The van der Waals surface area contributed by atoms with Gasteiger partial charge in [-0.05, 0) is 70.2 Å². The van der Waals surface area contributed by atoms with E-state index < -0.39 is 5.54 Å². The van der Waals surface area contributed by atoms with Crippen molar-refractivity contribution < 1.29 is 9.59 Å². The van der Waals surface area contributed by atoms with Crippen LogP contribution in [0.2, 0.25) is 0 Å². The number of hydrogen-bond donors (Lipinski definition) is 2. The Hall–Kier alpha value is -3.20. The highest BCUT2D eigenvalue weighted by Gasteiger charge is 2.55. The van der Waals surface area contributed by atoms with Crippen LogP contribution >= 0.6 is 0 Å². The second kappa shape index (κ2) is 9.18. The lowest BCUT2D eigenvalue weighted by Gasteiger charge is -2.62. The van der Waals surface area contributed by atoms with E-state index in [2.05, 4.69) is 68.4 Å². The number of nitrogens with zero attached hydrogens (tertiary/aromatic N) is 5. The number of nitrogens with one attached hydrogen (secondary N) is 2. The van der Waals surface area contributed by atoms with Gasteiger partial charge in [-0.3, -0.25) is 19.8 Å². The predicted molar refractivity (Wildman–Crippen MR) is 151 cm³/mol.